The Kier molecular flexibility index (Phi) is 5.11. The zero-order chi connectivity index (χ0) is 20.6. The van der Waals surface area contributed by atoms with E-state index in [2.05, 4.69) is 11.1 Å². The van der Waals surface area contributed by atoms with Crippen LogP contribution in [0.5, 0.6) is 0 Å². The van der Waals surface area contributed by atoms with E-state index in [0.29, 0.717) is 17.2 Å². The first-order valence-electron chi connectivity index (χ1n) is 9.74. The number of nitriles is 1. The van der Waals surface area contributed by atoms with E-state index in [-0.39, 0.29) is 10.9 Å². The van der Waals surface area contributed by atoms with Crippen LogP contribution in [0, 0.1) is 24.2 Å². The smallest absolute Gasteiger partial charge is 0.238 e. The van der Waals surface area contributed by atoms with Crippen LogP contribution in [0.25, 0.3) is 0 Å². The first kappa shape index (κ1) is 19.6. The highest BCUT2D eigenvalue weighted by molar-refractivity contribution is 7.89. The molecular formula is C21H23N5O2S. The van der Waals surface area contributed by atoms with Crippen molar-refractivity contribution in [2.24, 2.45) is 16.2 Å². The lowest BCUT2D eigenvalue weighted by atomic mass is 9.92. The summed E-state index contributed by atoms with van der Waals surface area (Å²) in [6.07, 6.45) is 5.58. The number of anilines is 1. The fourth-order valence-electron chi connectivity index (χ4n) is 4.27. The van der Waals surface area contributed by atoms with Crippen LogP contribution in [-0.4, -0.2) is 25.2 Å². The molecule has 0 saturated heterocycles. The van der Waals surface area contributed by atoms with E-state index in [9.17, 15) is 13.7 Å². The lowest BCUT2D eigenvalue weighted by Gasteiger charge is -2.27. The maximum atomic E-state index is 11.5. The second-order valence-electron chi connectivity index (χ2n) is 7.69. The highest BCUT2D eigenvalue weighted by atomic mass is 32.2. The van der Waals surface area contributed by atoms with Crippen LogP contribution in [0.1, 0.15) is 48.9 Å². The molecule has 1 atom stereocenters. The normalized spacial score (nSPS) is 20.0. The van der Waals surface area contributed by atoms with Crippen LogP contribution in [0.2, 0.25) is 0 Å². The number of primary sulfonamides is 1. The van der Waals surface area contributed by atoms with Crippen molar-refractivity contribution < 1.29 is 8.42 Å². The molecule has 1 aliphatic heterocycles. The van der Waals surface area contributed by atoms with Gasteiger partial charge in [0, 0.05) is 6.42 Å². The Morgan fingerprint density at radius 1 is 1.14 bits per heavy atom. The van der Waals surface area contributed by atoms with E-state index in [1.165, 1.54) is 37.8 Å². The van der Waals surface area contributed by atoms with Gasteiger partial charge in [-0.1, -0.05) is 25.0 Å². The minimum Gasteiger partial charge on any atom is -0.244 e. The van der Waals surface area contributed by atoms with E-state index in [1.807, 2.05) is 18.0 Å². The average molecular weight is 410 g/mol. The molecule has 0 spiro atoms. The third-order valence-corrected chi connectivity index (χ3v) is 6.76. The number of aromatic nitrogens is 1. The number of sulfonamides is 1. The fraction of sp³-hybridized carbons (Fsp3) is 0.381. The predicted molar refractivity (Wildman–Crippen MR) is 111 cm³/mol. The van der Waals surface area contributed by atoms with Crippen LogP contribution in [0.3, 0.4) is 0 Å². The molecule has 0 radical (unpaired) electrons. The highest BCUT2D eigenvalue weighted by Crippen LogP contribution is 2.37. The van der Waals surface area contributed by atoms with Gasteiger partial charge in [0.2, 0.25) is 10.0 Å². The minimum absolute atomic E-state index is 0.0911. The van der Waals surface area contributed by atoms with Gasteiger partial charge < -0.3 is 0 Å². The molecule has 2 aliphatic rings. The van der Waals surface area contributed by atoms with Gasteiger partial charge in [0.1, 0.15) is 11.9 Å². The lowest BCUT2D eigenvalue weighted by molar-refractivity contribution is 0.428. The molecule has 29 heavy (non-hydrogen) atoms. The highest BCUT2D eigenvalue weighted by Gasteiger charge is 2.36. The van der Waals surface area contributed by atoms with Gasteiger partial charge in [-0.05, 0) is 55.5 Å². The summed E-state index contributed by atoms with van der Waals surface area (Å²) in [7, 11) is -3.72. The Hall–Kier alpha value is -2.76. The number of benzene rings is 1. The summed E-state index contributed by atoms with van der Waals surface area (Å²) in [6, 6.07) is 12.6. The number of nitrogens with two attached hydrogens (primary N) is 1. The van der Waals surface area contributed by atoms with E-state index < -0.39 is 10.0 Å². The average Bonchev–Trinajstić information content (AvgIpc) is 3.37. The van der Waals surface area contributed by atoms with Gasteiger partial charge in [0.15, 0.2) is 0 Å². The van der Waals surface area contributed by atoms with Gasteiger partial charge in [-0.25, -0.2) is 23.5 Å². The van der Waals surface area contributed by atoms with Crippen LogP contribution in [0.4, 0.5) is 5.82 Å². The zero-order valence-electron chi connectivity index (χ0n) is 16.2. The summed E-state index contributed by atoms with van der Waals surface area (Å²) in [5.41, 5.74) is 3.05. The monoisotopic (exact) mass is 409 g/mol. The van der Waals surface area contributed by atoms with Gasteiger partial charge in [-0.15, -0.1) is 0 Å². The molecule has 0 bridgehead atoms. The number of pyridine rings is 1. The number of hydrogen-bond acceptors (Lipinski definition) is 6. The van der Waals surface area contributed by atoms with Gasteiger partial charge in [0.05, 0.1) is 27.9 Å². The summed E-state index contributed by atoms with van der Waals surface area (Å²) in [5, 5.41) is 21.3. The quantitative estimate of drug-likeness (QED) is 0.834. The summed E-state index contributed by atoms with van der Waals surface area (Å²) in [6.45, 7) is 1.83. The standard InChI is InChI=1S/C21H23N5O2S/c1-14-17(13-22)8-11-21(24-14)26-20(16-4-2-3-5-16)12-19(25-26)15-6-9-18(10-7-15)29(23,27)28/h6-11,16,20H,2-5,12H2,1H3,(H2,23,27,28)/t20-/m1/s1. The Bertz CT molecular complexity index is 1100. The van der Waals surface area contributed by atoms with Crippen molar-refractivity contribution in [3.8, 4) is 6.07 Å². The molecule has 0 amide bonds. The van der Waals surface area contributed by atoms with Crippen LogP contribution >= 0.6 is 0 Å². The van der Waals surface area contributed by atoms with Gasteiger partial charge >= 0.3 is 0 Å². The van der Waals surface area contributed by atoms with Gasteiger partial charge in [-0.3, -0.25) is 0 Å². The molecule has 4 rings (SSSR count). The van der Waals surface area contributed by atoms with Crippen molar-refractivity contribution in [2.75, 3.05) is 5.01 Å². The van der Waals surface area contributed by atoms with E-state index in [4.69, 9.17) is 10.2 Å². The summed E-state index contributed by atoms with van der Waals surface area (Å²) >= 11 is 0. The summed E-state index contributed by atoms with van der Waals surface area (Å²) < 4.78 is 23.0. The number of nitrogens with zero attached hydrogens (tertiary/aromatic N) is 4. The fourth-order valence-corrected chi connectivity index (χ4v) is 4.78. The Morgan fingerprint density at radius 3 is 2.41 bits per heavy atom. The Balaban J connectivity index is 1.69. The SMILES string of the molecule is Cc1nc(N2N=C(c3ccc(S(N)(=O)=O)cc3)C[C@@H]2C2CCCC2)ccc1C#N. The van der Waals surface area contributed by atoms with E-state index in [1.54, 1.807) is 18.2 Å². The molecule has 2 N–H and O–H groups in total. The molecule has 0 unspecified atom stereocenters. The number of hydrogen-bond donors (Lipinski definition) is 1. The number of aryl methyl sites for hydroxylation is 1. The van der Waals surface area contributed by atoms with Crippen molar-refractivity contribution in [3.63, 3.8) is 0 Å². The molecule has 1 aliphatic carbocycles. The predicted octanol–water partition coefficient (Wildman–Crippen LogP) is 3.08. The van der Waals surface area contributed by atoms with E-state index in [0.717, 1.165) is 23.5 Å². The van der Waals surface area contributed by atoms with Gasteiger partial charge in [0.25, 0.3) is 0 Å². The molecule has 1 fully saturated rings. The molecular weight excluding hydrogens is 386 g/mol. The third-order valence-electron chi connectivity index (χ3n) is 5.83. The van der Waals surface area contributed by atoms with E-state index >= 15 is 0 Å². The Morgan fingerprint density at radius 2 is 1.83 bits per heavy atom. The van der Waals surface area contributed by atoms with Gasteiger partial charge in [-0.2, -0.15) is 10.4 Å². The van der Waals surface area contributed by atoms with Crippen molar-refractivity contribution in [2.45, 2.75) is 50.0 Å². The van der Waals surface area contributed by atoms with Crippen molar-refractivity contribution in [1.29, 1.82) is 5.26 Å². The molecule has 1 saturated carbocycles. The second kappa shape index (κ2) is 7.58. The first-order chi connectivity index (χ1) is 13.9. The first-order valence-corrected chi connectivity index (χ1v) is 11.3. The minimum atomic E-state index is -3.72. The van der Waals surface area contributed by atoms with Crippen molar-refractivity contribution in [3.05, 3.63) is 53.2 Å². The van der Waals surface area contributed by atoms with Crippen molar-refractivity contribution >= 4 is 21.6 Å². The van der Waals surface area contributed by atoms with Crippen LogP contribution < -0.4 is 10.1 Å². The molecule has 150 valence electrons. The summed E-state index contributed by atoms with van der Waals surface area (Å²) in [5.74, 6) is 1.28. The second-order valence-corrected chi connectivity index (χ2v) is 9.25. The maximum absolute atomic E-state index is 11.5. The molecule has 2 aromatic rings. The zero-order valence-corrected chi connectivity index (χ0v) is 17.1. The van der Waals surface area contributed by atoms with Crippen LogP contribution in [0.15, 0.2) is 46.4 Å². The molecule has 8 heteroatoms. The Labute approximate surface area is 170 Å². The number of rotatable bonds is 4. The molecule has 1 aromatic carbocycles. The van der Waals surface area contributed by atoms with Crippen LogP contribution in [-0.2, 0) is 10.0 Å². The molecule has 2 heterocycles. The summed E-state index contributed by atoms with van der Waals surface area (Å²) in [4.78, 5) is 4.71. The molecule has 7 nitrogen and oxygen atoms in total. The number of hydrazone groups is 1. The lowest BCUT2D eigenvalue weighted by Crippen LogP contribution is -2.33. The third kappa shape index (κ3) is 3.88. The largest absolute Gasteiger partial charge is 0.244 e. The topological polar surface area (TPSA) is 112 Å². The van der Waals surface area contributed by atoms with Crippen molar-refractivity contribution in [1.82, 2.24) is 4.98 Å². The maximum Gasteiger partial charge on any atom is 0.238 e. The molecule has 1 aromatic heterocycles.